The van der Waals surface area contributed by atoms with Crippen LogP contribution in [0.15, 0.2) is 24.3 Å². The van der Waals surface area contributed by atoms with Crippen molar-refractivity contribution in [2.45, 2.75) is 269 Å². The summed E-state index contributed by atoms with van der Waals surface area (Å²) in [6, 6.07) is 7.10. The van der Waals surface area contributed by atoms with Gasteiger partial charge in [-0.2, -0.15) is 0 Å². The highest BCUT2D eigenvalue weighted by molar-refractivity contribution is 5.35. The average molecular weight is 879 g/mol. The van der Waals surface area contributed by atoms with Crippen molar-refractivity contribution in [3.05, 3.63) is 69.8 Å². The van der Waals surface area contributed by atoms with E-state index in [0.717, 1.165) is 102 Å². The number of hydrogen-bond acceptors (Lipinski definition) is 1. The zero-order chi connectivity index (χ0) is 44.3. The second-order valence-electron chi connectivity index (χ2n) is 21.7. The van der Waals surface area contributed by atoms with E-state index >= 15 is 17.6 Å². The van der Waals surface area contributed by atoms with E-state index in [9.17, 15) is 0 Å². The van der Waals surface area contributed by atoms with E-state index in [-0.39, 0.29) is 35.2 Å². The number of unbranched alkanes of at least 4 members (excludes halogenated alkanes) is 14. The fourth-order valence-electron chi connectivity index (χ4n) is 13.7. The van der Waals surface area contributed by atoms with Crippen molar-refractivity contribution in [2.24, 2.45) is 23.7 Å². The third kappa shape index (κ3) is 13.6. The molecule has 2 aromatic carbocycles. The Morgan fingerprint density at radius 2 is 0.746 bits per heavy atom. The van der Waals surface area contributed by atoms with E-state index in [2.05, 4.69) is 13.8 Å². The summed E-state index contributed by atoms with van der Waals surface area (Å²) in [7, 11) is 0. The molecule has 0 aliphatic heterocycles. The molecule has 4 fully saturated rings. The minimum absolute atomic E-state index is 0.146. The van der Waals surface area contributed by atoms with Crippen LogP contribution in [0.5, 0.6) is 0 Å². The van der Waals surface area contributed by atoms with E-state index in [1.54, 1.807) is 12.1 Å². The van der Waals surface area contributed by atoms with Crippen LogP contribution in [0.1, 0.15) is 267 Å². The highest BCUT2D eigenvalue weighted by Crippen LogP contribution is 2.54. The van der Waals surface area contributed by atoms with Gasteiger partial charge in [0.25, 0.3) is 0 Å². The molecule has 0 spiro atoms. The maximum atomic E-state index is 16.3. The Hall–Kier alpha value is -1.88. The molecule has 4 aliphatic rings. The molecule has 356 valence electrons. The summed E-state index contributed by atoms with van der Waals surface area (Å²) in [5.74, 6) is -0.811. The largest absolute Gasteiger partial charge is 0.372 e. The molecule has 0 N–H and O–H groups in total. The summed E-state index contributed by atoms with van der Waals surface area (Å²) in [4.78, 5) is 0. The van der Waals surface area contributed by atoms with E-state index in [0.29, 0.717) is 23.0 Å². The Labute approximate surface area is 383 Å². The number of benzene rings is 2. The van der Waals surface area contributed by atoms with Gasteiger partial charge in [0, 0.05) is 22.0 Å². The van der Waals surface area contributed by atoms with Gasteiger partial charge in [0.15, 0.2) is 23.3 Å². The van der Waals surface area contributed by atoms with Crippen molar-refractivity contribution in [1.29, 1.82) is 0 Å². The van der Waals surface area contributed by atoms with Gasteiger partial charge in [-0.25, -0.2) is 17.6 Å². The van der Waals surface area contributed by atoms with Crippen LogP contribution < -0.4 is 0 Å². The van der Waals surface area contributed by atoms with Crippen LogP contribution in [0.4, 0.5) is 17.6 Å². The highest BCUT2D eigenvalue weighted by Gasteiger charge is 2.46. The molecule has 0 radical (unpaired) electrons. The van der Waals surface area contributed by atoms with Crippen LogP contribution in [0.2, 0.25) is 0 Å². The van der Waals surface area contributed by atoms with Gasteiger partial charge in [-0.3, -0.25) is 0 Å². The van der Waals surface area contributed by atoms with E-state index in [1.807, 2.05) is 12.1 Å². The minimum Gasteiger partial charge on any atom is -0.372 e. The maximum Gasteiger partial charge on any atom is 0.164 e. The van der Waals surface area contributed by atoms with Gasteiger partial charge < -0.3 is 4.74 Å². The van der Waals surface area contributed by atoms with Gasteiger partial charge in [0.05, 0.1) is 13.2 Å². The van der Waals surface area contributed by atoms with Crippen LogP contribution in [-0.2, 0) is 28.8 Å². The molecule has 4 aliphatic carbocycles. The first kappa shape index (κ1) is 50.5. The number of halogens is 4. The molecule has 0 saturated heterocycles. The highest BCUT2D eigenvalue weighted by atomic mass is 19.2. The molecule has 0 amide bonds. The van der Waals surface area contributed by atoms with Gasteiger partial charge in [0.1, 0.15) is 0 Å². The molecular weight excluding hydrogens is 789 g/mol. The summed E-state index contributed by atoms with van der Waals surface area (Å²) in [6.45, 7) is 4.17. The zero-order valence-electron chi connectivity index (χ0n) is 40.4. The van der Waals surface area contributed by atoms with E-state index < -0.39 is 23.3 Å². The van der Waals surface area contributed by atoms with Gasteiger partial charge in [-0.05, 0) is 86.2 Å². The van der Waals surface area contributed by atoms with E-state index in [1.165, 1.54) is 141 Å². The number of ether oxygens (including phenoxy) is 1. The third-order valence-corrected chi connectivity index (χ3v) is 17.6. The Morgan fingerprint density at radius 3 is 1.10 bits per heavy atom. The summed E-state index contributed by atoms with van der Waals surface area (Å²) in [5, 5.41) is 0. The normalized spacial score (nSPS) is 23.8. The fourth-order valence-corrected chi connectivity index (χ4v) is 13.7. The smallest absolute Gasteiger partial charge is 0.164 e. The lowest BCUT2D eigenvalue weighted by Crippen LogP contribution is -2.40. The number of hydrogen-bond donors (Lipinski definition) is 0. The molecule has 63 heavy (non-hydrogen) atoms. The average Bonchev–Trinajstić information content (AvgIpc) is 3.31. The van der Waals surface area contributed by atoms with Crippen molar-refractivity contribution < 1.29 is 22.3 Å². The summed E-state index contributed by atoms with van der Waals surface area (Å²) in [5.41, 5.74) is 0.799. The first-order valence-electron chi connectivity index (χ1n) is 27.4. The van der Waals surface area contributed by atoms with Gasteiger partial charge in [-0.15, -0.1) is 0 Å². The molecule has 0 atom stereocenters. The van der Waals surface area contributed by atoms with Crippen LogP contribution >= 0.6 is 0 Å². The number of rotatable bonds is 26. The first-order valence-corrected chi connectivity index (χ1v) is 27.4. The lowest BCUT2D eigenvalue weighted by atomic mass is 9.57. The van der Waals surface area contributed by atoms with Crippen LogP contribution in [0.25, 0.3) is 0 Å². The topological polar surface area (TPSA) is 9.23 Å². The Bertz CT molecular complexity index is 1470. The van der Waals surface area contributed by atoms with Gasteiger partial charge >= 0.3 is 0 Å². The molecule has 0 heterocycles. The molecule has 4 saturated carbocycles. The quantitative estimate of drug-likeness (QED) is 0.0676. The van der Waals surface area contributed by atoms with Crippen LogP contribution in [0.3, 0.4) is 0 Å². The predicted octanol–water partition coefficient (Wildman–Crippen LogP) is 19.0. The van der Waals surface area contributed by atoms with Crippen LogP contribution in [0, 0.1) is 46.9 Å². The summed E-state index contributed by atoms with van der Waals surface area (Å²) >= 11 is 0. The van der Waals surface area contributed by atoms with Crippen molar-refractivity contribution in [3.63, 3.8) is 0 Å². The second kappa shape index (κ2) is 26.5. The monoisotopic (exact) mass is 879 g/mol. The molecule has 6 rings (SSSR count). The van der Waals surface area contributed by atoms with Crippen molar-refractivity contribution in [1.82, 2.24) is 0 Å². The summed E-state index contributed by atoms with van der Waals surface area (Å²) < 4.78 is 70.6. The lowest BCUT2D eigenvalue weighted by Gasteiger charge is -2.47. The second-order valence-corrected chi connectivity index (χ2v) is 21.7. The van der Waals surface area contributed by atoms with Crippen molar-refractivity contribution in [3.8, 4) is 0 Å². The van der Waals surface area contributed by atoms with Gasteiger partial charge in [0.2, 0.25) is 0 Å². The fraction of sp³-hybridized carbons (Fsp3) is 0.793. The maximum absolute atomic E-state index is 16.3. The minimum atomic E-state index is -0.838. The molecule has 2 aromatic rings. The standard InChI is InChI=1S/C58H90F4O/c1-3-5-7-9-11-13-15-19-25-45-27-33-49(34-28-45)57(39-21-17-22-40-57)51-37-31-47(53(59)55(51)61)43-63-44-48-32-38-52(56(62)54(48)60)58(41-23-18-24-42-58)50-35-29-46(30-36-50)26-20-16-14-12-10-8-6-4-2/h31-32,37-38,45-46,49-50H,3-30,33-36,39-44H2,1-2H3. The van der Waals surface area contributed by atoms with Gasteiger partial charge in [-0.1, -0.05) is 218 Å². The lowest BCUT2D eigenvalue weighted by molar-refractivity contribution is 0.0995. The SMILES string of the molecule is CCCCCCCCCCC1CCC(C2(c3ccc(COCc4ccc(C5(C6CCC(CCCCCCCCCC)CC6)CCCCC5)c(F)c4F)c(F)c3F)CCCCC2)CC1. The van der Waals surface area contributed by atoms with Crippen molar-refractivity contribution >= 4 is 0 Å². The Morgan fingerprint density at radius 1 is 0.413 bits per heavy atom. The Balaban J connectivity index is 1.01. The molecule has 1 nitrogen and oxygen atoms in total. The zero-order valence-corrected chi connectivity index (χ0v) is 40.4. The van der Waals surface area contributed by atoms with E-state index in [4.69, 9.17) is 4.74 Å². The van der Waals surface area contributed by atoms with Crippen LogP contribution in [-0.4, -0.2) is 0 Å². The summed E-state index contributed by atoms with van der Waals surface area (Å²) in [6.07, 6.45) is 43.8. The first-order chi connectivity index (χ1) is 30.8. The molecule has 5 heteroatoms. The Kier molecular flexibility index (Phi) is 21.2. The molecule has 0 bridgehead atoms. The third-order valence-electron chi connectivity index (χ3n) is 17.6. The van der Waals surface area contributed by atoms with Crippen molar-refractivity contribution in [2.75, 3.05) is 0 Å². The predicted molar refractivity (Wildman–Crippen MR) is 256 cm³/mol. The molecule has 0 unspecified atom stereocenters. The molecule has 0 aromatic heterocycles. The molecular formula is C58H90F4O.